The molecular formula is C7H17N3. The number of hydrogen-bond acceptors (Lipinski definition) is 3. The van der Waals surface area contributed by atoms with Crippen LogP contribution in [0.2, 0.25) is 0 Å². The molecular weight excluding hydrogens is 126 g/mol. The van der Waals surface area contributed by atoms with Crippen LogP contribution in [0.1, 0.15) is 26.2 Å². The molecule has 0 radical (unpaired) electrons. The molecule has 3 heteroatoms. The van der Waals surface area contributed by atoms with Crippen LogP contribution >= 0.6 is 0 Å². The van der Waals surface area contributed by atoms with E-state index in [1.807, 2.05) is 6.92 Å². The third-order valence-electron chi connectivity index (χ3n) is 1.88. The van der Waals surface area contributed by atoms with Gasteiger partial charge in [-0.2, -0.15) is 0 Å². The van der Waals surface area contributed by atoms with E-state index in [0.717, 1.165) is 13.1 Å². The van der Waals surface area contributed by atoms with Gasteiger partial charge in [0.1, 0.15) is 0 Å². The van der Waals surface area contributed by atoms with Crippen molar-refractivity contribution in [2.45, 2.75) is 32.4 Å². The Hall–Kier alpha value is -0.120. The van der Waals surface area contributed by atoms with Crippen LogP contribution in [0, 0.1) is 0 Å². The van der Waals surface area contributed by atoms with Gasteiger partial charge < -0.3 is 5.73 Å². The molecule has 1 aliphatic rings. The number of hydrazine groups is 1. The first-order chi connectivity index (χ1) is 4.80. The van der Waals surface area contributed by atoms with Gasteiger partial charge >= 0.3 is 0 Å². The molecule has 1 heterocycles. The lowest BCUT2D eigenvalue weighted by atomic mass is 10.2. The van der Waals surface area contributed by atoms with Gasteiger partial charge in [-0.25, -0.2) is 5.01 Å². The summed E-state index contributed by atoms with van der Waals surface area (Å²) in [5.41, 5.74) is 8.99. The fraction of sp³-hybridized carbons (Fsp3) is 1.00. The molecule has 0 bridgehead atoms. The molecule has 1 unspecified atom stereocenters. The monoisotopic (exact) mass is 143 g/mol. The zero-order valence-corrected chi connectivity index (χ0v) is 6.64. The van der Waals surface area contributed by atoms with Gasteiger partial charge in [0.05, 0.1) is 6.17 Å². The van der Waals surface area contributed by atoms with Gasteiger partial charge in [0.2, 0.25) is 0 Å². The van der Waals surface area contributed by atoms with Crippen molar-refractivity contribution in [3.8, 4) is 0 Å². The highest BCUT2D eigenvalue weighted by Gasteiger charge is 2.10. The summed E-state index contributed by atoms with van der Waals surface area (Å²) >= 11 is 0. The predicted molar refractivity (Wildman–Crippen MR) is 42.2 cm³/mol. The minimum Gasteiger partial charge on any atom is -0.315 e. The molecule has 10 heavy (non-hydrogen) atoms. The van der Waals surface area contributed by atoms with E-state index in [9.17, 15) is 0 Å². The molecule has 1 rings (SSSR count). The van der Waals surface area contributed by atoms with Crippen molar-refractivity contribution in [2.75, 3.05) is 13.1 Å². The van der Waals surface area contributed by atoms with Crippen molar-refractivity contribution in [3.05, 3.63) is 0 Å². The number of nitrogens with two attached hydrogens (primary N) is 1. The van der Waals surface area contributed by atoms with Crippen LogP contribution in [0.25, 0.3) is 0 Å². The third-order valence-corrected chi connectivity index (χ3v) is 1.88. The van der Waals surface area contributed by atoms with Crippen molar-refractivity contribution in [2.24, 2.45) is 5.73 Å². The Morgan fingerprint density at radius 1 is 1.40 bits per heavy atom. The van der Waals surface area contributed by atoms with Crippen LogP contribution in [0.3, 0.4) is 0 Å². The van der Waals surface area contributed by atoms with Gasteiger partial charge in [-0.15, -0.1) is 0 Å². The second kappa shape index (κ2) is 3.91. The summed E-state index contributed by atoms with van der Waals surface area (Å²) in [5, 5.41) is 2.12. The first kappa shape index (κ1) is 7.98. The van der Waals surface area contributed by atoms with E-state index in [2.05, 4.69) is 10.4 Å². The summed E-state index contributed by atoms with van der Waals surface area (Å²) in [7, 11) is 0. The maximum atomic E-state index is 5.70. The van der Waals surface area contributed by atoms with Gasteiger partial charge in [0.15, 0.2) is 0 Å². The van der Waals surface area contributed by atoms with Crippen molar-refractivity contribution < 1.29 is 0 Å². The fourth-order valence-corrected chi connectivity index (χ4v) is 1.23. The average molecular weight is 143 g/mol. The van der Waals surface area contributed by atoms with Gasteiger partial charge in [-0.3, -0.25) is 5.43 Å². The van der Waals surface area contributed by atoms with E-state index < -0.39 is 0 Å². The molecule has 1 fully saturated rings. The summed E-state index contributed by atoms with van der Waals surface area (Å²) < 4.78 is 0. The molecule has 0 aromatic rings. The zero-order chi connectivity index (χ0) is 7.40. The average Bonchev–Trinajstić information content (AvgIpc) is 2.12. The molecule has 1 saturated heterocycles. The molecule has 0 aromatic carbocycles. The lowest BCUT2D eigenvalue weighted by Crippen LogP contribution is -2.48. The summed E-state index contributed by atoms with van der Waals surface area (Å²) in [6.45, 7) is 4.19. The SMILES string of the molecule is CC(N)N1CCCCCN1. The molecule has 0 saturated carbocycles. The van der Waals surface area contributed by atoms with Gasteiger partial charge in [0, 0.05) is 13.1 Å². The maximum Gasteiger partial charge on any atom is 0.0679 e. The smallest absolute Gasteiger partial charge is 0.0679 e. The van der Waals surface area contributed by atoms with Crippen LogP contribution < -0.4 is 11.2 Å². The highest BCUT2D eigenvalue weighted by molar-refractivity contribution is 4.61. The maximum absolute atomic E-state index is 5.70. The summed E-state index contributed by atoms with van der Waals surface area (Å²) in [4.78, 5) is 0. The zero-order valence-electron chi connectivity index (χ0n) is 6.64. The van der Waals surface area contributed by atoms with Crippen LogP contribution in [-0.2, 0) is 0 Å². The Labute approximate surface area is 62.5 Å². The largest absolute Gasteiger partial charge is 0.315 e. The van der Waals surface area contributed by atoms with E-state index in [0.29, 0.717) is 0 Å². The molecule has 60 valence electrons. The third kappa shape index (κ3) is 2.25. The van der Waals surface area contributed by atoms with E-state index in [4.69, 9.17) is 5.73 Å². The Balaban J connectivity index is 2.28. The quantitative estimate of drug-likeness (QED) is 0.554. The Bertz CT molecular complexity index is 84.9. The number of nitrogens with one attached hydrogen (secondary N) is 1. The van der Waals surface area contributed by atoms with Crippen molar-refractivity contribution in [1.82, 2.24) is 10.4 Å². The first-order valence-corrected chi connectivity index (χ1v) is 4.06. The number of hydrogen-bond donors (Lipinski definition) is 2. The van der Waals surface area contributed by atoms with Crippen LogP contribution in [0.15, 0.2) is 0 Å². The molecule has 0 amide bonds. The van der Waals surface area contributed by atoms with Crippen molar-refractivity contribution >= 4 is 0 Å². The second-order valence-electron chi connectivity index (χ2n) is 2.90. The Morgan fingerprint density at radius 3 is 2.90 bits per heavy atom. The minimum absolute atomic E-state index is 0.151. The van der Waals surface area contributed by atoms with Crippen molar-refractivity contribution in [3.63, 3.8) is 0 Å². The van der Waals surface area contributed by atoms with Crippen LogP contribution in [-0.4, -0.2) is 24.3 Å². The molecule has 1 atom stereocenters. The molecule has 0 aliphatic carbocycles. The van der Waals surface area contributed by atoms with E-state index in [1.165, 1.54) is 19.3 Å². The Morgan fingerprint density at radius 2 is 2.20 bits per heavy atom. The van der Waals surface area contributed by atoms with Gasteiger partial charge in [0.25, 0.3) is 0 Å². The standard InChI is InChI=1S/C7H17N3/c1-7(8)10-6-4-2-3-5-9-10/h7,9H,2-6,8H2,1H3. The molecule has 1 aliphatic heterocycles. The second-order valence-corrected chi connectivity index (χ2v) is 2.90. The highest BCUT2D eigenvalue weighted by Crippen LogP contribution is 2.02. The van der Waals surface area contributed by atoms with Crippen LogP contribution in [0.4, 0.5) is 0 Å². The number of nitrogens with zero attached hydrogens (tertiary/aromatic N) is 1. The normalized spacial score (nSPS) is 25.8. The summed E-state index contributed by atoms with van der Waals surface area (Å²) in [5.74, 6) is 0. The topological polar surface area (TPSA) is 41.3 Å². The van der Waals surface area contributed by atoms with Crippen molar-refractivity contribution in [1.29, 1.82) is 0 Å². The van der Waals surface area contributed by atoms with Crippen LogP contribution in [0.5, 0.6) is 0 Å². The predicted octanol–water partition coefficient (Wildman–Crippen LogP) is 0.282. The fourth-order valence-electron chi connectivity index (χ4n) is 1.23. The van der Waals surface area contributed by atoms with Gasteiger partial charge in [-0.05, 0) is 19.8 Å². The molecule has 0 aromatic heterocycles. The minimum atomic E-state index is 0.151. The lowest BCUT2D eigenvalue weighted by molar-refractivity contribution is 0.148. The highest BCUT2D eigenvalue weighted by atomic mass is 15.5. The van der Waals surface area contributed by atoms with Gasteiger partial charge in [-0.1, -0.05) is 6.42 Å². The Kier molecular flexibility index (Phi) is 3.12. The number of rotatable bonds is 1. The molecule has 0 spiro atoms. The first-order valence-electron chi connectivity index (χ1n) is 4.06. The molecule has 3 N–H and O–H groups in total. The van der Waals surface area contributed by atoms with E-state index in [-0.39, 0.29) is 6.17 Å². The summed E-state index contributed by atoms with van der Waals surface area (Å²) in [6, 6.07) is 0. The summed E-state index contributed by atoms with van der Waals surface area (Å²) in [6.07, 6.45) is 4.03. The van der Waals surface area contributed by atoms with E-state index >= 15 is 0 Å². The molecule has 3 nitrogen and oxygen atoms in total. The lowest BCUT2D eigenvalue weighted by Gasteiger charge is -2.24. The van der Waals surface area contributed by atoms with E-state index in [1.54, 1.807) is 0 Å².